The van der Waals surface area contributed by atoms with Crippen LogP contribution >= 0.6 is 11.8 Å². The van der Waals surface area contributed by atoms with E-state index in [1.165, 1.54) is 87.5 Å². The fraction of sp³-hybridized carbons (Fsp3) is 0.0698. The van der Waals surface area contributed by atoms with Crippen molar-refractivity contribution in [3.05, 3.63) is 157 Å². The Kier molecular flexibility index (Phi) is 5.09. The number of nitrogens with zero attached hydrogens (tertiary/aromatic N) is 4. The van der Waals surface area contributed by atoms with Gasteiger partial charge in [-0.15, -0.1) is 0 Å². The van der Waals surface area contributed by atoms with Gasteiger partial charge in [0.05, 0.1) is 33.1 Å². The van der Waals surface area contributed by atoms with Gasteiger partial charge in [0.1, 0.15) is 11.3 Å². The molecule has 4 nitrogen and oxygen atoms in total. The van der Waals surface area contributed by atoms with Crippen LogP contribution in [-0.4, -0.2) is 17.9 Å². The molecule has 48 heavy (non-hydrogen) atoms. The molecular formula is C43H30N4S. The molecule has 0 spiro atoms. The van der Waals surface area contributed by atoms with Crippen molar-refractivity contribution < 1.29 is 0 Å². The molecule has 4 aromatic heterocycles. The first kappa shape index (κ1) is 26.4. The summed E-state index contributed by atoms with van der Waals surface area (Å²) < 4.78 is 9.67. The molecular weight excluding hydrogens is 605 g/mol. The molecule has 0 aliphatic carbocycles. The molecule has 5 heterocycles. The van der Waals surface area contributed by atoms with Crippen molar-refractivity contribution in [1.29, 1.82) is 0 Å². The Balaban J connectivity index is 1.11. The average molecular weight is 635 g/mol. The van der Waals surface area contributed by atoms with Crippen LogP contribution in [0.4, 0.5) is 0 Å². The molecule has 6 aromatic carbocycles. The van der Waals surface area contributed by atoms with E-state index in [0.29, 0.717) is 0 Å². The maximum atomic E-state index is 2.44. The predicted molar refractivity (Wildman–Crippen MR) is 200 cm³/mol. The van der Waals surface area contributed by atoms with Crippen molar-refractivity contribution in [2.75, 3.05) is 0 Å². The zero-order chi connectivity index (χ0) is 31.7. The van der Waals surface area contributed by atoms with E-state index in [1.807, 2.05) is 11.8 Å². The third kappa shape index (κ3) is 3.36. The minimum Gasteiger partial charge on any atom is -0.294 e. The number of imidazole rings is 2. The lowest BCUT2D eigenvalue weighted by Crippen LogP contribution is -2.24. The molecule has 5 heteroatoms. The van der Waals surface area contributed by atoms with Gasteiger partial charge in [-0.2, -0.15) is 0 Å². The smallest absolute Gasteiger partial charge is 0.123 e. The van der Waals surface area contributed by atoms with Crippen LogP contribution < -0.4 is 0 Å². The fourth-order valence-electron chi connectivity index (χ4n) is 8.32. The first-order chi connectivity index (χ1) is 23.6. The minimum absolute atomic E-state index is 0.208. The molecule has 0 N–H and O–H groups in total. The number of benzene rings is 6. The van der Waals surface area contributed by atoms with Crippen LogP contribution in [0.3, 0.4) is 0 Å². The number of hydrogen-bond donors (Lipinski definition) is 0. The van der Waals surface area contributed by atoms with Crippen molar-refractivity contribution in [2.24, 2.45) is 0 Å². The van der Waals surface area contributed by atoms with E-state index >= 15 is 0 Å². The van der Waals surface area contributed by atoms with Crippen molar-refractivity contribution >= 4 is 66.9 Å². The predicted octanol–water partition coefficient (Wildman–Crippen LogP) is 11.2. The van der Waals surface area contributed by atoms with Gasteiger partial charge in [0.25, 0.3) is 0 Å². The van der Waals surface area contributed by atoms with Crippen LogP contribution in [0.5, 0.6) is 0 Å². The Labute approximate surface area is 281 Å². The maximum Gasteiger partial charge on any atom is 0.123 e. The first-order valence-corrected chi connectivity index (χ1v) is 17.3. The molecule has 0 fully saturated rings. The van der Waals surface area contributed by atoms with Crippen LogP contribution in [0.1, 0.15) is 25.0 Å². The van der Waals surface area contributed by atoms with Crippen LogP contribution in [0.15, 0.2) is 155 Å². The second-order valence-corrected chi connectivity index (χ2v) is 14.6. The summed E-state index contributed by atoms with van der Waals surface area (Å²) in [5.74, 6) is 0. The third-order valence-electron chi connectivity index (χ3n) is 10.6. The molecule has 0 radical (unpaired) electrons. The highest BCUT2D eigenvalue weighted by Crippen LogP contribution is 2.50. The van der Waals surface area contributed by atoms with E-state index in [0.717, 1.165) is 0 Å². The van der Waals surface area contributed by atoms with Gasteiger partial charge in [-0.05, 0) is 96.1 Å². The molecule has 11 rings (SSSR count). The number of aromatic nitrogens is 4. The summed E-state index contributed by atoms with van der Waals surface area (Å²) in [7, 11) is 0. The fourth-order valence-corrected chi connectivity index (χ4v) is 9.68. The van der Waals surface area contributed by atoms with Gasteiger partial charge in [0, 0.05) is 37.4 Å². The van der Waals surface area contributed by atoms with Crippen molar-refractivity contribution in [1.82, 2.24) is 17.9 Å². The summed E-state index contributed by atoms with van der Waals surface area (Å²) in [6.07, 6.45) is 0. The van der Waals surface area contributed by atoms with Crippen molar-refractivity contribution in [3.63, 3.8) is 0 Å². The first-order valence-electron chi connectivity index (χ1n) is 16.5. The van der Waals surface area contributed by atoms with E-state index in [-0.39, 0.29) is 5.41 Å². The molecule has 0 unspecified atom stereocenters. The lowest BCUT2D eigenvalue weighted by molar-refractivity contribution is 0.606. The van der Waals surface area contributed by atoms with E-state index in [9.17, 15) is 0 Å². The Morgan fingerprint density at radius 1 is 0.417 bits per heavy atom. The largest absolute Gasteiger partial charge is 0.294 e. The van der Waals surface area contributed by atoms with Crippen LogP contribution in [0.25, 0.3) is 66.5 Å². The Bertz CT molecular complexity index is 2760. The zero-order valence-corrected chi connectivity index (χ0v) is 27.4. The summed E-state index contributed by atoms with van der Waals surface area (Å²) in [6, 6.07) is 53.7. The summed E-state index contributed by atoms with van der Waals surface area (Å²) in [6.45, 7) is 4.78. The van der Waals surface area contributed by atoms with Gasteiger partial charge in [-0.25, -0.2) is 0 Å². The molecule has 10 aromatic rings. The highest BCUT2D eigenvalue weighted by Gasteiger charge is 2.34. The molecule has 0 saturated heterocycles. The van der Waals surface area contributed by atoms with Crippen LogP contribution in [0.2, 0.25) is 0 Å². The van der Waals surface area contributed by atoms with Crippen molar-refractivity contribution in [2.45, 2.75) is 29.1 Å². The number of fused-ring (bicyclic) bond motifs is 12. The van der Waals surface area contributed by atoms with E-state index in [4.69, 9.17) is 0 Å². The number of para-hydroxylation sites is 6. The topological polar surface area (TPSA) is 18.7 Å². The maximum absolute atomic E-state index is 2.44. The molecule has 1 aliphatic heterocycles. The summed E-state index contributed by atoms with van der Waals surface area (Å²) in [4.78, 5) is 2.65. The van der Waals surface area contributed by atoms with Gasteiger partial charge >= 0.3 is 0 Å². The van der Waals surface area contributed by atoms with Gasteiger partial charge in [0.15, 0.2) is 0 Å². The average Bonchev–Trinajstić information content (AvgIpc) is 3.85. The standard InChI is InChI=1S/C43H30N4S/c1-43(2)31-25-29(44-35-15-7-9-17-37(35)46-33-13-5-3-11-27(33)23-41(44)46)19-21-39(31)48-40-22-20-30(26-32(40)43)45-36-16-8-10-18-38(36)47-34-14-6-4-12-28(34)24-42(45)47/h3-26H,1-2H3. The molecule has 0 bridgehead atoms. The van der Waals surface area contributed by atoms with Gasteiger partial charge < -0.3 is 0 Å². The van der Waals surface area contributed by atoms with E-state index in [2.05, 4.69) is 177 Å². The second kappa shape index (κ2) is 9.24. The quantitative estimate of drug-likeness (QED) is 0.185. The molecule has 0 amide bonds. The number of rotatable bonds is 2. The third-order valence-corrected chi connectivity index (χ3v) is 11.7. The van der Waals surface area contributed by atoms with Crippen LogP contribution in [-0.2, 0) is 5.41 Å². The highest BCUT2D eigenvalue weighted by atomic mass is 32.2. The van der Waals surface area contributed by atoms with Gasteiger partial charge in [0.2, 0.25) is 0 Å². The van der Waals surface area contributed by atoms with Gasteiger partial charge in [-0.3, -0.25) is 17.9 Å². The minimum atomic E-state index is -0.208. The SMILES string of the molecule is CC1(C)c2cc(-n3c4ccccc4n4c5ccccc5cc34)ccc2Sc2ccc(-n3c4ccccc4n4c5ccccc5cc34)cc21. The van der Waals surface area contributed by atoms with E-state index in [1.54, 1.807) is 0 Å². The molecule has 1 aliphatic rings. The Morgan fingerprint density at radius 3 is 1.27 bits per heavy atom. The van der Waals surface area contributed by atoms with Crippen molar-refractivity contribution in [3.8, 4) is 11.4 Å². The molecule has 0 atom stereocenters. The normalized spacial score (nSPS) is 14.1. The zero-order valence-electron chi connectivity index (χ0n) is 26.6. The second-order valence-electron chi connectivity index (χ2n) is 13.5. The van der Waals surface area contributed by atoms with E-state index < -0.39 is 0 Å². The Hall–Kier alpha value is -5.65. The lowest BCUT2D eigenvalue weighted by atomic mass is 9.77. The molecule has 228 valence electrons. The lowest BCUT2D eigenvalue weighted by Gasteiger charge is -2.35. The highest BCUT2D eigenvalue weighted by molar-refractivity contribution is 7.99. The summed E-state index contributed by atoms with van der Waals surface area (Å²) >= 11 is 1.89. The number of hydrogen-bond acceptors (Lipinski definition) is 1. The Morgan fingerprint density at radius 2 is 0.812 bits per heavy atom. The summed E-state index contributed by atoms with van der Waals surface area (Å²) in [5.41, 5.74) is 14.6. The monoisotopic (exact) mass is 634 g/mol. The summed E-state index contributed by atoms with van der Waals surface area (Å²) in [5, 5.41) is 2.51. The molecule has 0 saturated carbocycles. The van der Waals surface area contributed by atoms with Crippen LogP contribution in [0, 0.1) is 0 Å². The van der Waals surface area contributed by atoms with Gasteiger partial charge in [-0.1, -0.05) is 86.3 Å².